The van der Waals surface area contributed by atoms with Gasteiger partial charge >= 0.3 is 0 Å². The average Bonchev–Trinajstić information content (AvgIpc) is 2.29. The number of hydrogen-bond acceptors (Lipinski definition) is 5. The molecule has 1 aromatic carbocycles. The van der Waals surface area contributed by atoms with Gasteiger partial charge in [0.1, 0.15) is 6.61 Å². The van der Waals surface area contributed by atoms with E-state index in [4.69, 9.17) is 5.11 Å². The number of sulfone groups is 1. The number of carbonyl (C=O) groups is 1. The predicted octanol–water partition coefficient (Wildman–Crippen LogP) is 0.0375. The molecule has 0 unspecified atom stereocenters. The van der Waals surface area contributed by atoms with Gasteiger partial charge in [-0.2, -0.15) is 0 Å². The van der Waals surface area contributed by atoms with Gasteiger partial charge in [-0.3, -0.25) is 4.79 Å². The highest BCUT2D eigenvalue weighted by Gasteiger charge is 2.14. The molecule has 0 radical (unpaired) electrons. The minimum absolute atomic E-state index is 0.0618. The van der Waals surface area contributed by atoms with E-state index in [9.17, 15) is 13.2 Å². The summed E-state index contributed by atoms with van der Waals surface area (Å²) >= 11 is 0. The number of aliphatic hydroxyl groups excluding tert-OH is 1. The van der Waals surface area contributed by atoms with Crippen molar-refractivity contribution >= 4 is 21.4 Å². The van der Waals surface area contributed by atoms with Crippen LogP contribution in [0, 0.1) is 0 Å². The van der Waals surface area contributed by atoms with Crippen molar-refractivity contribution in [3.63, 3.8) is 0 Å². The summed E-state index contributed by atoms with van der Waals surface area (Å²) < 4.78 is 28.0. The first kappa shape index (κ1) is 14.6. The van der Waals surface area contributed by atoms with Gasteiger partial charge in [0.15, 0.2) is 9.84 Å². The minimum Gasteiger partial charge on any atom is -0.395 e. The topological polar surface area (TPSA) is 92.7 Å². The van der Waals surface area contributed by atoms with E-state index in [-0.39, 0.29) is 23.2 Å². The third kappa shape index (κ3) is 4.10. The van der Waals surface area contributed by atoms with Crippen molar-refractivity contribution in [2.24, 2.45) is 0 Å². The second-order valence-corrected chi connectivity index (χ2v) is 5.66. The third-order valence-corrected chi connectivity index (χ3v) is 3.80. The minimum atomic E-state index is -3.51. The summed E-state index contributed by atoms with van der Waals surface area (Å²) in [6, 6.07) is 5.85. The normalized spacial score (nSPS) is 11.2. The van der Waals surface area contributed by atoms with Crippen molar-refractivity contribution < 1.29 is 23.1 Å². The Morgan fingerprint density at radius 1 is 1.44 bits per heavy atom. The van der Waals surface area contributed by atoms with Gasteiger partial charge < -0.3 is 15.2 Å². The van der Waals surface area contributed by atoms with Crippen molar-refractivity contribution in [3.05, 3.63) is 24.3 Å². The van der Waals surface area contributed by atoms with Crippen LogP contribution in [0.5, 0.6) is 0 Å². The number of amides is 1. The van der Waals surface area contributed by atoms with Gasteiger partial charge in [-0.05, 0) is 18.2 Å². The summed E-state index contributed by atoms with van der Waals surface area (Å²) in [7, 11) is -2.12. The summed E-state index contributed by atoms with van der Waals surface area (Å²) in [5, 5.41) is 11.2. The van der Waals surface area contributed by atoms with E-state index < -0.39 is 16.4 Å². The van der Waals surface area contributed by atoms with Crippen molar-refractivity contribution in [1.82, 2.24) is 0 Å². The van der Waals surface area contributed by atoms with Crippen LogP contribution in [0.25, 0.3) is 0 Å². The third-order valence-electron chi connectivity index (χ3n) is 2.11. The first-order chi connectivity index (χ1) is 8.49. The first-order valence-electron chi connectivity index (χ1n) is 5.22. The molecule has 6 nitrogen and oxygen atoms in total. The number of nitrogens with one attached hydrogen (secondary N) is 1. The highest BCUT2D eigenvalue weighted by molar-refractivity contribution is 7.91. The number of anilines is 1. The second-order valence-electron chi connectivity index (χ2n) is 3.55. The molecule has 18 heavy (non-hydrogen) atoms. The molecule has 0 saturated carbocycles. The van der Waals surface area contributed by atoms with Crippen LogP contribution in [0.3, 0.4) is 0 Å². The summed E-state index contributed by atoms with van der Waals surface area (Å²) in [5.41, 5.74) is 0.371. The monoisotopic (exact) mass is 273 g/mol. The van der Waals surface area contributed by atoms with Gasteiger partial charge in [0.25, 0.3) is 0 Å². The standard InChI is InChI=1S/C11H15NO5S/c1-17-8-11(14)12-9-3-2-4-10(7-9)18(15,16)6-5-13/h2-4,7,13H,5-6,8H2,1H3,(H,12,14). The molecule has 1 amide bonds. The van der Waals surface area contributed by atoms with Crippen LogP contribution in [-0.4, -0.2) is 45.5 Å². The second kappa shape index (κ2) is 6.48. The Labute approximate surface area is 106 Å². The van der Waals surface area contributed by atoms with E-state index in [2.05, 4.69) is 10.1 Å². The van der Waals surface area contributed by atoms with E-state index in [0.29, 0.717) is 5.69 Å². The van der Waals surface area contributed by atoms with Gasteiger partial charge in [0, 0.05) is 12.8 Å². The zero-order chi connectivity index (χ0) is 13.6. The molecule has 0 atom stereocenters. The Balaban J connectivity index is 2.89. The number of carbonyl (C=O) groups excluding carboxylic acids is 1. The average molecular weight is 273 g/mol. The molecule has 0 saturated heterocycles. The molecule has 100 valence electrons. The highest BCUT2D eigenvalue weighted by atomic mass is 32.2. The largest absolute Gasteiger partial charge is 0.395 e. The molecular formula is C11H15NO5S. The lowest BCUT2D eigenvalue weighted by Gasteiger charge is -2.07. The fourth-order valence-corrected chi connectivity index (χ4v) is 2.40. The van der Waals surface area contributed by atoms with E-state index in [1.807, 2.05) is 0 Å². The van der Waals surface area contributed by atoms with Crippen molar-refractivity contribution in [2.45, 2.75) is 4.90 Å². The summed E-state index contributed by atoms with van der Waals surface area (Å²) in [6.45, 7) is -0.545. The number of rotatable bonds is 6. The zero-order valence-electron chi connectivity index (χ0n) is 9.92. The van der Waals surface area contributed by atoms with Gasteiger partial charge in [0.2, 0.25) is 5.91 Å². The number of hydrogen-bond donors (Lipinski definition) is 2. The van der Waals surface area contributed by atoms with E-state index in [1.54, 1.807) is 6.07 Å². The van der Waals surface area contributed by atoms with Crippen LogP contribution in [-0.2, 0) is 19.4 Å². The van der Waals surface area contributed by atoms with E-state index in [0.717, 1.165) is 0 Å². The van der Waals surface area contributed by atoms with Crippen LogP contribution in [0.2, 0.25) is 0 Å². The van der Waals surface area contributed by atoms with E-state index in [1.165, 1.54) is 25.3 Å². The van der Waals surface area contributed by atoms with Crippen LogP contribution in [0.4, 0.5) is 5.69 Å². The molecule has 0 bridgehead atoms. The summed E-state index contributed by atoms with van der Waals surface area (Å²) in [5.74, 6) is -0.711. The molecule has 1 aromatic rings. The first-order valence-corrected chi connectivity index (χ1v) is 6.87. The molecular weight excluding hydrogens is 258 g/mol. The molecule has 2 N–H and O–H groups in total. The molecule has 0 aromatic heterocycles. The van der Waals surface area contributed by atoms with Gasteiger partial charge in [-0.1, -0.05) is 6.07 Å². The Morgan fingerprint density at radius 3 is 2.78 bits per heavy atom. The summed E-state index contributed by atoms with van der Waals surface area (Å²) in [4.78, 5) is 11.3. The number of ether oxygens (including phenoxy) is 1. The van der Waals surface area contributed by atoms with Crippen molar-refractivity contribution in [1.29, 1.82) is 0 Å². The molecule has 0 aliphatic heterocycles. The van der Waals surface area contributed by atoms with Crippen molar-refractivity contribution in [3.8, 4) is 0 Å². The molecule has 0 heterocycles. The zero-order valence-corrected chi connectivity index (χ0v) is 10.7. The maximum atomic E-state index is 11.7. The number of methoxy groups -OCH3 is 1. The Bertz CT molecular complexity index is 512. The summed E-state index contributed by atoms with van der Waals surface area (Å²) in [6.07, 6.45) is 0. The maximum absolute atomic E-state index is 11.7. The van der Waals surface area contributed by atoms with Gasteiger partial charge in [0.05, 0.1) is 17.3 Å². The Hall–Kier alpha value is -1.44. The SMILES string of the molecule is COCC(=O)Nc1cccc(S(=O)(=O)CCO)c1. The molecule has 0 aliphatic rings. The highest BCUT2D eigenvalue weighted by Crippen LogP contribution is 2.16. The Morgan fingerprint density at radius 2 is 2.17 bits per heavy atom. The van der Waals surface area contributed by atoms with Crippen LogP contribution in [0.15, 0.2) is 29.2 Å². The lowest BCUT2D eigenvalue weighted by atomic mass is 10.3. The molecule has 0 fully saturated rings. The lowest BCUT2D eigenvalue weighted by Crippen LogP contribution is -2.17. The Kier molecular flexibility index (Phi) is 5.26. The predicted molar refractivity (Wildman–Crippen MR) is 66.1 cm³/mol. The van der Waals surface area contributed by atoms with Gasteiger partial charge in [-0.25, -0.2) is 8.42 Å². The van der Waals surface area contributed by atoms with Crippen LogP contribution >= 0.6 is 0 Å². The van der Waals surface area contributed by atoms with Crippen LogP contribution < -0.4 is 5.32 Å². The lowest BCUT2D eigenvalue weighted by molar-refractivity contribution is -0.119. The van der Waals surface area contributed by atoms with Crippen LogP contribution in [0.1, 0.15) is 0 Å². The molecule has 1 rings (SSSR count). The maximum Gasteiger partial charge on any atom is 0.250 e. The molecule has 7 heteroatoms. The van der Waals surface area contributed by atoms with Crippen molar-refractivity contribution in [2.75, 3.05) is 31.4 Å². The number of aliphatic hydroxyl groups is 1. The fraction of sp³-hybridized carbons (Fsp3) is 0.364. The molecule has 0 spiro atoms. The van der Waals surface area contributed by atoms with E-state index >= 15 is 0 Å². The van der Waals surface area contributed by atoms with Gasteiger partial charge in [-0.15, -0.1) is 0 Å². The quantitative estimate of drug-likeness (QED) is 0.763. The molecule has 0 aliphatic carbocycles. The number of benzene rings is 1. The fourth-order valence-electron chi connectivity index (χ4n) is 1.33. The smallest absolute Gasteiger partial charge is 0.250 e.